The van der Waals surface area contributed by atoms with Crippen molar-refractivity contribution in [3.63, 3.8) is 0 Å². The summed E-state index contributed by atoms with van der Waals surface area (Å²) in [5, 5.41) is 17.9. The molecule has 0 saturated heterocycles. The number of benzene rings is 2. The number of aromatic nitrogens is 3. The Morgan fingerprint density at radius 3 is 2.49 bits per heavy atom. The van der Waals surface area contributed by atoms with Gasteiger partial charge in [-0.05, 0) is 67.3 Å². The van der Waals surface area contributed by atoms with E-state index in [9.17, 15) is 5.11 Å². The fourth-order valence-corrected chi connectivity index (χ4v) is 4.76. The smallest absolute Gasteiger partial charge is 0.245 e. The van der Waals surface area contributed by atoms with Crippen LogP contribution < -0.4 is 14.8 Å². The topological polar surface area (TPSA) is 84.1 Å². The molecule has 182 valence electrons. The first-order valence-electron chi connectivity index (χ1n) is 11.9. The molecule has 0 unspecified atom stereocenters. The van der Waals surface area contributed by atoms with Crippen LogP contribution in [0.3, 0.4) is 0 Å². The molecule has 0 spiro atoms. The summed E-state index contributed by atoms with van der Waals surface area (Å²) in [5.41, 5.74) is 6.17. The molecule has 0 fully saturated rings. The highest BCUT2D eigenvalue weighted by atomic mass is 16.5. The lowest BCUT2D eigenvalue weighted by molar-refractivity contribution is 0.129. The monoisotopic (exact) mass is 473 g/mol. The van der Waals surface area contributed by atoms with Crippen LogP contribution in [0.5, 0.6) is 11.5 Å². The van der Waals surface area contributed by atoms with Crippen molar-refractivity contribution in [2.45, 2.75) is 25.9 Å². The molecule has 5 rings (SSSR count). The van der Waals surface area contributed by atoms with Crippen molar-refractivity contribution < 1.29 is 14.6 Å². The minimum Gasteiger partial charge on any atom is -0.496 e. The zero-order chi connectivity index (χ0) is 24.4. The molecule has 2 aromatic carbocycles. The van der Waals surface area contributed by atoms with Crippen LogP contribution >= 0.6 is 0 Å². The Balaban J connectivity index is 1.46. The van der Waals surface area contributed by atoms with E-state index in [0.717, 1.165) is 59.9 Å². The van der Waals surface area contributed by atoms with Crippen molar-refractivity contribution in [2.75, 3.05) is 39.2 Å². The first kappa shape index (κ1) is 23.1. The number of anilines is 2. The number of hydrogen-bond acceptors (Lipinski definition) is 7. The maximum absolute atomic E-state index is 9.79. The molecule has 2 aromatic heterocycles. The Morgan fingerprint density at radius 2 is 1.74 bits per heavy atom. The van der Waals surface area contributed by atoms with Gasteiger partial charge in [0.15, 0.2) is 0 Å². The van der Waals surface area contributed by atoms with Gasteiger partial charge in [-0.15, -0.1) is 5.10 Å². The number of ether oxygens (including phenoxy) is 2. The molecule has 1 aliphatic rings. The van der Waals surface area contributed by atoms with Gasteiger partial charge >= 0.3 is 0 Å². The Kier molecular flexibility index (Phi) is 6.57. The van der Waals surface area contributed by atoms with E-state index in [0.29, 0.717) is 12.5 Å². The minimum absolute atomic E-state index is 0.329. The van der Waals surface area contributed by atoms with Crippen molar-refractivity contribution in [3.8, 4) is 22.8 Å². The number of methoxy groups -OCH3 is 2. The maximum Gasteiger partial charge on any atom is 0.245 e. The number of aliphatic hydroxyl groups is 1. The lowest BCUT2D eigenvalue weighted by Crippen LogP contribution is -2.33. The summed E-state index contributed by atoms with van der Waals surface area (Å²) >= 11 is 0. The SMILES string of the molecule is COc1cc2c(cc1Nc1ncc3ccc(-c4ccccc4OC)n3n1)CCN(C[C@@H](C)O)CC2. The molecule has 1 atom stereocenters. The molecular formula is C27H31N5O3. The molecule has 0 radical (unpaired) electrons. The van der Waals surface area contributed by atoms with Gasteiger partial charge in [0.2, 0.25) is 5.95 Å². The summed E-state index contributed by atoms with van der Waals surface area (Å²) in [4.78, 5) is 6.85. The standard InChI is InChI=1S/C27H31N5O3/c1-18(33)17-31-12-10-19-14-23(26(35-3)15-20(19)11-13-31)29-27-28-16-21-8-9-24(32(21)30-27)22-6-4-5-7-25(22)34-2/h4-9,14-16,18,33H,10-13,17H2,1-3H3,(H,29,30)/t18-/m1/s1. The quantitative estimate of drug-likeness (QED) is 0.421. The van der Waals surface area contributed by atoms with Gasteiger partial charge in [0.1, 0.15) is 11.5 Å². The summed E-state index contributed by atoms with van der Waals surface area (Å²) in [6.07, 6.45) is 3.31. The van der Waals surface area contributed by atoms with Crippen LogP contribution in [0.15, 0.2) is 54.7 Å². The van der Waals surface area contributed by atoms with Gasteiger partial charge in [-0.25, -0.2) is 9.50 Å². The number of rotatable bonds is 7. The van der Waals surface area contributed by atoms with Crippen molar-refractivity contribution >= 4 is 17.2 Å². The van der Waals surface area contributed by atoms with E-state index in [1.807, 2.05) is 47.8 Å². The van der Waals surface area contributed by atoms with Crippen LogP contribution in [0.1, 0.15) is 18.1 Å². The summed E-state index contributed by atoms with van der Waals surface area (Å²) in [6, 6.07) is 16.2. The Labute approximate surface area is 205 Å². The van der Waals surface area contributed by atoms with E-state index in [1.165, 1.54) is 11.1 Å². The molecule has 0 saturated carbocycles. The third-order valence-corrected chi connectivity index (χ3v) is 6.47. The third kappa shape index (κ3) is 4.80. The van der Waals surface area contributed by atoms with Gasteiger partial charge in [-0.3, -0.25) is 0 Å². The number of nitrogens with one attached hydrogen (secondary N) is 1. The average Bonchev–Trinajstić information content (AvgIpc) is 3.19. The van der Waals surface area contributed by atoms with E-state index < -0.39 is 0 Å². The molecule has 0 bridgehead atoms. The summed E-state index contributed by atoms with van der Waals surface area (Å²) in [5.74, 6) is 2.03. The first-order valence-corrected chi connectivity index (χ1v) is 11.9. The fraction of sp³-hybridized carbons (Fsp3) is 0.333. The van der Waals surface area contributed by atoms with Crippen LogP contribution in [-0.2, 0) is 12.8 Å². The van der Waals surface area contributed by atoms with Gasteiger partial charge < -0.3 is 24.8 Å². The maximum atomic E-state index is 9.79. The predicted molar refractivity (Wildman–Crippen MR) is 137 cm³/mol. The van der Waals surface area contributed by atoms with Gasteiger partial charge in [-0.2, -0.15) is 0 Å². The minimum atomic E-state index is -0.329. The highest BCUT2D eigenvalue weighted by molar-refractivity contribution is 5.72. The van der Waals surface area contributed by atoms with Crippen molar-refractivity contribution in [3.05, 3.63) is 65.9 Å². The highest BCUT2D eigenvalue weighted by Crippen LogP contribution is 2.33. The number of β-amino-alcohol motifs (C(OH)–C–C–N with tert-alkyl or cyclic N) is 1. The van der Waals surface area contributed by atoms with Crippen molar-refractivity contribution in [1.29, 1.82) is 0 Å². The van der Waals surface area contributed by atoms with Crippen LogP contribution in [0.25, 0.3) is 16.8 Å². The van der Waals surface area contributed by atoms with Crippen molar-refractivity contribution in [2.24, 2.45) is 0 Å². The number of nitrogens with zero attached hydrogens (tertiary/aromatic N) is 4. The number of para-hydroxylation sites is 1. The summed E-state index contributed by atoms with van der Waals surface area (Å²) < 4.78 is 13.1. The normalized spacial score (nSPS) is 14.9. The molecule has 35 heavy (non-hydrogen) atoms. The average molecular weight is 474 g/mol. The molecule has 8 nitrogen and oxygen atoms in total. The predicted octanol–water partition coefficient (Wildman–Crippen LogP) is 3.94. The molecule has 8 heteroatoms. The van der Waals surface area contributed by atoms with E-state index >= 15 is 0 Å². The van der Waals surface area contributed by atoms with E-state index in [-0.39, 0.29) is 6.10 Å². The van der Waals surface area contributed by atoms with Gasteiger partial charge in [0.05, 0.1) is 43.4 Å². The lowest BCUT2D eigenvalue weighted by Gasteiger charge is -2.20. The van der Waals surface area contributed by atoms with E-state index in [1.54, 1.807) is 20.4 Å². The Bertz CT molecular complexity index is 1330. The molecular weight excluding hydrogens is 442 g/mol. The molecule has 4 aromatic rings. The van der Waals surface area contributed by atoms with Crippen LogP contribution in [0, 0.1) is 0 Å². The second kappa shape index (κ2) is 9.93. The lowest BCUT2D eigenvalue weighted by atomic mass is 10.0. The number of fused-ring (bicyclic) bond motifs is 2. The fourth-order valence-electron chi connectivity index (χ4n) is 4.76. The first-order chi connectivity index (χ1) is 17.1. The number of hydrogen-bond donors (Lipinski definition) is 2. The second-order valence-electron chi connectivity index (χ2n) is 8.93. The van der Waals surface area contributed by atoms with E-state index in [2.05, 4.69) is 27.3 Å². The van der Waals surface area contributed by atoms with Crippen LogP contribution in [0.2, 0.25) is 0 Å². The largest absolute Gasteiger partial charge is 0.496 e. The number of aliphatic hydroxyl groups excluding tert-OH is 1. The van der Waals surface area contributed by atoms with Gasteiger partial charge in [0.25, 0.3) is 0 Å². The molecule has 1 aliphatic heterocycles. The second-order valence-corrected chi connectivity index (χ2v) is 8.93. The van der Waals surface area contributed by atoms with Gasteiger partial charge in [-0.1, -0.05) is 12.1 Å². The zero-order valence-electron chi connectivity index (χ0n) is 20.4. The van der Waals surface area contributed by atoms with Crippen LogP contribution in [-0.4, -0.2) is 64.6 Å². The summed E-state index contributed by atoms with van der Waals surface area (Å²) in [7, 11) is 3.35. The molecule has 0 aliphatic carbocycles. The van der Waals surface area contributed by atoms with Gasteiger partial charge in [0, 0.05) is 25.2 Å². The van der Waals surface area contributed by atoms with Crippen molar-refractivity contribution in [1.82, 2.24) is 19.5 Å². The molecule has 3 heterocycles. The highest BCUT2D eigenvalue weighted by Gasteiger charge is 2.19. The molecule has 0 amide bonds. The van der Waals surface area contributed by atoms with Crippen LogP contribution in [0.4, 0.5) is 11.6 Å². The Hall–Kier alpha value is -3.62. The molecule has 2 N–H and O–H groups in total. The van der Waals surface area contributed by atoms with E-state index in [4.69, 9.17) is 14.6 Å². The zero-order valence-corrected chi connectivity index (χ0v) is 20.4. The summed E-state index contributed by atoms with van der Waals surface area (Å²) in [6.45, 7) is 4.37. The Morgan fingerprint density at radius 1 is 1.00 bits per heavy atom. The third-order valence-electron chi connectivity index (χ3n) is 6.47.